The van der Waals surface area contributed by atoms with Gasteiger partial charge in [0, 0.05) is 37.3 Å². The molecule has 2 bridgehead atoms. The first-order valence-electron chi connectivity index (χ1n) is 9.96. The van der Waals surface area contributed by atoms with E-state index in [4.69, 9.17) is 4.74 Å². The lowest BCUT2D eigenvalue weighted by Crippen LogP contribution is -2.49. The number of hydrogen-bond acceptors (Lipinski definition) is 4. The van der Waals surface area contributed by atoms with Crippen molar-refractivity contribution in [3.63, 3.8) is 0 Å². The summed E-state index contributed by atoms with van der Waals surface area (Å²) in [5.74, 6) is 0.803. The van der Waals surface area contributed by atoms with Crippen LogP contribution >= 0.6 is 0 Å². The summed E-state index contributed by atoms with van der Waals surface area (Å²) in [5, 5.41) is 0. The molecule has 1 aromatic heterocycles. The van der Waals surface area contributed by atoms with Gasteiger partial charge in [-0.1, -0.05) is 6.07 Å². The maximum absolute atomic E-state index is 13.7. The van der Waals surface area contributed by atoms with Gasteiger partial charge in [0.2, 0.25) is 10.0 Å². The van der Waals surface area contributed by atoms with E-state index >= 15 is 0 Å². The van der Waals surface area contributed by atoms with Crippen molar-refractivity contribution in [2.45, 2.75) is 76.5 Å². The number of ether oxygens (including phenoxy) is 1. The summed E-state index contributed by atoms with van der Waals surface area (Å²) < 4.78 is 35.4. The normalized spacial score (nSPS) is 25.1. The third-order valence-electron chi connectivity index (χ3n) is 6.41. The molecule has 6 heteroatoms. The molecule has 0 aliphatic carbocycles. The molecule has 2 aromatic rings. The van der Waals surface area contributed by atoms with E-state index in [9.17, 15) is 8.42 Å². The third-order valence-corrected chi connectivity index (χ3v) is 8.69. The van der Waals surface area contributed by atoms with Crippen molar-refractivity contribution in [3.05, 3.63) is 52.8 Å². The molecule has 5 nitrogen and oxygen atoms in total. The SMILES string of the molecule is Cc1cc(C)c(C)c(S(=O)(=O)N2C3CCC2CC(Oc2ccncc2)C3)c1C. The predicted molar refractivity (Wildman–Crippen MR) is 109 cm³/mol. The Labute approximate surface area is 167 Å². The van der Waals surface area contributed by atoms with Gasteiger partial charge in [0.15, 0.2) is 0 Å². The largest absolute Gasteiger partial charge is 0.490 e. The molecule has 2 unspecified atom stereocenters. The summed E-state index contributed by atoms with van der Waals surface area (Å²) in [5.41, 5.74) is 3.81. The third kappa shape index (κ3) is 3.22. The minimum atomic E-state index is -3.53. The van der Waals surface area contributed by atoms with Gasteiger partial charge in [-0.2, -0.15) is 4.31 Å². The van der Waals surface area contributed by atoms with E-state index < -0.39 is 10.0 Å². The first-order chi connectivity index (χ1) is 13.3. The van der Waals surface area contributed by atoms with Crippen molar-refractivity contribution < 1.29 is 13.2 Å². The summed E-state index contributed by atoms with van der Waals surface area (Å²) in [6.45, 7) is 7.83. The maximum atomic E-state index is 13.7. The van der Waals surface area contributed by atoms with Crippen molar-refractivity contribution >= 4 is 10.0 Å². The molecule has 2 atom stereocenters. The van der Waals surface area contributed by atoms with Crippen LogP contribution in [0.25, 0.3) is 0 Å². The lowest BCUT2D eigenvalue weighted by atomic mass is 10.0. The van der Waals surface area contributed by atoms with Gasteiger partial charge in [0.1, 0.15) is 11.9 Å². The molecule has 2 aliphatic rings. The van der Waals surface area contributed by atoms with Gasteiger partial charge >= 0.3 is 0 Å². The Balaban J connectivity index is 1.63. The molecule has 2 aliphatic heterocycles. The van der Waals surface area contributed by atoms with Crippen LogP contribution in [0.2, 0.25) is 0 Å². The fraction of sp³-hybridized carbons (Fsp3) is 0.500. The predicted octanol–water partition coefficient (Wildman–Crippen LogP) is 4.08. The summed E-state index contributed by atoms with van der Waals surface area (Å²) >= 11 is 0. The van der Waals surface area contributed by atoms with E-state index in [1.54, 1.807) is 16.7 Å². The van der Waals surface area contributed by atoms with E-state index in [0.717, 1.165) is 53.7 Å². The van der Waals surface area contributed by atoms with Gasteiger partial charge in [-0.3, -0.25) is 4.98 Å². The number of benzene rings is 1. The second-order valence-corrected chi connectivity index (χ2v) is 9.98. The summed E-state index contributed by atoms with van der Waals surface area (Å²) in [4.78, 5) is 4.53. The number of piperidine rings is 1. The molecule has 28 heavy (non-hydrogen) atoms. The number of nitrogens with zero attached hydrogens (tertiary/aromatic N) is 2. The highest BCUT2D eigenvalue weighted by Crippen LogP contribution is 2.42. The highest BCUT2D eigenvalue weighted by atomic mass is 32.2. The molecule has 3 heterocycles. The average molecular weight is 401 g/mol. The van der Waals surface area contributed by atoms with E-state index in [2.05, 4.69) is 11.1 Å². The molecule has 0 N–H and O–H groups in total. The Morgan fingerprint density at radius 1 is 0.964 bits per heavy atom. The van der Waals surface area contributed by atoms with Crippen LogP contribution in [-0.2, 0) is 10.0 Å². The fourth-order valence-electron chi connectivity index (χ4n) is 4.86. The Kier molecular flexibility index (Phi) is 4.96. The lowest BCUT2D eigenvalue weighted by Gasteiger charge is -2.38. The minimum absolute atomic E-state index is 0.00945. The van der Waals surface area contributed by atoms with E-state index in [1.165, 1.54) is 0 Å². The van der Waals surface area contributed by atoms with Gasteiger partial charge in [0.25, 0.3) is 0 Å². The highest BCUT2D eigenvalue weighted by molar-refractivity contribution is 7.89. The Bertz CT molecular complexity index is 948. The molecule has 0 radical (unpaired) electrons. The van der Waals surface area contributed by atoms with Crippen molar-refractivity contribution in [1.82, 2.24) is 9.29 Å². The molecular formula is C22H28N2O3S. The first kappa shape index (κ1) is 19.4. The second-order valence-electron chi connectivity index (χ2n) is 8.20. The monoisotopic (exact) mass is 400 g/mol. The van der Waals surface area contributed by atoms with Crippen molar-refractivity contribution in [2.75, 3.05) is 0 Å². The Hall–Kier alpha value is -1.92. The Morgan fingerprint density at radius 3 is 2.04 bits per heavy atom. The number of sulfonamides is 1. The molecule has 0 saturated carbocycles. The number of hydrogen-bond donors (Lipinski definition) is 0. The van der Waals surface area contributed by atoms with Crippen LogP contribution in [0.4, 0.5) is 0 Å². The van der Waals surface area contributed by atoms with Crippen LogP contribution in [0.3, 0.4) is 0 Å². The van der Waals surface area contributed by atoms with Gasteiger partial charge in [-0.15, -0.1) is 0 Å². The van der Waals surface area contributed by atoms with E-state index in [1.807, 2.05) is 39.8 Å². The van der Waals surface area contributed by atoms with Crippen molar-refractivity contribution in [2.24, 2.45) is 0 Å². The minimum Gasteiger partial charge on any atom is -0.490 e. The van der Waals surface area contributed by atoms with Crippen LogP contribution < -0.4 is 4.74 Å². The first-order valence-corrected chi connectivity index (χ1v) is 11.4. The fourth-order valence-corrected chi connectivity index (χ4v) is 7.33. The zero-order valence-electron chi connectivity index (χ0n) is 17.0. The number of pyridine rings is 1. The molecule has 4 rings (SSSR count). The lowest BCUT2D eigenvalue weighted by molar-refractivity contribution is 0.0955. The zero-order valence-corrected chi connectivity index (χ0v) is 17.8. The van der Waals surface area contributed by atoms with E-state index in [0.29, 0.717) is 4.90 Å². The van der Waals surface area contributed by atoms with Crippen LogP contribution in [0.5, 0.6) is 5.75 Å². The van der Waals surface area contributed by atoms with Crippen LogP contribution in [0.1, 0.15) is 47.9 Å². The van der Waals surface area contributed by atoms with Crippen LogP contribution in [0.15, 0.2) is 35.5 Å². The topological polar surface area (TPSA) is 59.5 Å². The summed E-state index contributed by atoms with van der Waals surface area (Å²) in [7, 11) is -3.53. The average Bonchev–Trinajstić information content (AvgIpc) is 2.93. The number of fused-ring (bicyclic) bond motifs is 2. The van der Waals surface area contributed by atoms with Gasteiger partial charge in [-0.25, -0.2) is 8.42 Å². The smallest absolute Gasteiger partial charge is 0.244 e. The molecule has 1 aromatic carbocycles. The van der Waals surface area contributed by atoms with Crippen molar-refractivity contribution in [1.29, 1.82) is 0 Å². The molecule has 2 saturated heterocycles. The van der Waals surface area contributed by atoms with Gasteiger partial charge in [-0.05, 0) is 74.9 Å². The van der Waals surface area contributed by atoms with Crippen LogP contribution in [0, 0.1) is 27.7 Å². The highest BCUT2D eigenvalue weighted by Gasteiger charge is 2.48. The molecule has 0 amide bonds. The van der Waals surface area contributed by atoms with Gasteiger partial charge in [0.05, 0.1) is 4.90 Å². The Morgan fingerprint density at radius 2 is 1.50 bits per heavy atom. The quantitative estimate of drug-likeness (QED) is 0.776. The number of rotatable bonds is 4. The van der Waals surface area contributed by atoms with Gasteiger partial charge < -0.3 is 4.74 Å². The van der Waals surface area contributed by atoms with E-state index in [-0.39, 0.29) is 18.2 Å². The standard InChI is InChI=1S/C22H28N2O3S/c1-14-11-15(2)17(4)22(16(14)3)28(25,26)24-18-5-6-19(24)13-21(12-18)27-20-7-9-23-10-8-20/h7-11,18-19,21H,5-6,12-13H2,1-4H3. The summed E-state index contributed by atoms with van der Waals surface area (Å²) in [6.07, 6.45) is 6.77. The zero-order chi connectivity index (χ0) is 20.1. The number of aryl methyl sites for hydroxylation is 2. The molecule has 0 spiro atoms. The second kappa shape index (κ2) is 7.16. The maximum Gasteiger partial charge on any atom is 0.244 e. The molecular weight excluding hydrogens is 372 g/mol. The molecule has 150 valence electrons. The van der Waals surface area contributed by atoms with Crippen LogP contribution in [-0.4, -0.2) is 35.9 Å². The number of aromatic nitrogens is 1. The van der Waals surface area contributed by atoms with Crippen molar-refractivity contribution in [3.8, 4) is 5.75 Å². The summed E-state index contributed by atoms with van der Waals surface area (Å²) in [6, 6.07) is 5.80. The molecule has 2 fully saturated rings.